The van der Waals surface area contributed by atoms with Gasteiger partial charge in [0.25, 0.3) is 5.91 Å². The number of carbonyl (C=O) groups is 2. The van der Waals surface area contributed by atoms with Crippen LogP contribution in [0.1, 0.15) is 51.2 Å². The van der Waals surface area contributed by atoms with E-state index in [1.807, 2.05) is 6.07 Å². The van der Waals surface area contributed by atoms with Crippen molar-refractivity contribution in [3.63, 3.8) is 0 Å². The average molecular weight is 354 g/mol. The Hall–Kier alpha value is -2.61. The molecule has 2 rings (SSSR count). The first-order valence-electron chi connectivity index (χ1n) is 9.10. The molecular weight excluding hydrogens is 328 g/mol. The summed E-state index contributed by atoms with van der Waals surface area (Å²) in [6, 6.07) is 9.01. The van der Waals surface area contributed by atoms with Crippen LogP contribution in [0.25, 0.3) is 6.08 Å². The minimum Gasteiger partial charge on any atom is -0.449 e. The molecule has 1 saturated carbocycles. The summed E-state index contributed by atoms with van der Waals surface area (Å²) in [4.78, 5) is 24.2. The molecule has 1 fully saturated rings. The molecule has 0 bridgehead atoms. The van der Waals surface area contributed by atoms with E-state index in [-0.39, 0.29) is 11.9 Å². The maximum absolute atomic E-state index is 12.3. The Bertz CT molecular complexity index is 703. The lowest BCUT2D eigenvalue weighted by Gasteiger charge is -2.35. The van der Waals surface area contributed by atoms with Crippen molar-refractivity contribution in [1.82, 2.24) is 5.32 Å². The highest BCUT2D eigenvalue weighted by Crippen LogP contribution is 2.29. The smallest absolute Gasteiger partial charge is 0.331 e. The third kappa shape index (κ3) is 5.45. The van der Waals surface area contributed by atoms with Gasteiger partial charge < -0.3 is 10.1 Å². The van der Waals surface area contributed by atoms with Gasteiger partial charge in [0.05, 0.1) is 11.6 Å². The van der Waals surface area contributed by atoms with Crippen LogP contribution in [0.4, 0.5) is 0 Å². The molecule has 0 aliphatic heterocycles. The van der Waals surface area contributed by atoms with Gasteiger partial charge in [-0.2, -0.15) is 5.26 Å². The number of hydrogen-bond acceptors (Lipinski definition) is 4. The van der Waals surface area contributed by atoms with Crippen molar-refractivity contribution in [2.75, 3.05) is 0 Å². The van der Waals surface area contributed by atoms with Gasteiger partial charge in [0, 0.05) is 12.1 Å². The van der Waals surface area contributed by atoms with E-state index in [0.717, 1.165) is 18.4 Å². The highest BCUT2D eigenvalue weighted by Gasteiger charge is 2.29. The zero-order valence-corrected chi connectivity index (χ0v) is 15.6. The molecule has 0 unspecified atom stereocenters. The Morgan fingerprint density at radius 2 is 1.96 bits per heavy atom. The maximum atomic E-state index is 12.3. The van der Waals surface area contributed by atoms with Crippen LogP contribution < -0.4 is 5.32 Å². The molecule has 0 radical (unpaired) electrons. The van der Waals surface area contributed by atoms with Gasteiger partial charge in [0.2, 0.25) is 0 Å². The third-order valence-electron chi connectivity index (χ3n) is 5.15. The first-order chi connectivity index (χ1) is 12.4. The van der Waals surface area contributed by atoms with Crippen LogP contribution >= 0.6 is 0 Å². The molecule has 1 aliphatic carbocycles. The summed E-state index contributed by atoms with van der Waals surface area (Å²) < 4.78 is 5.19. The van der Waals surface area contributed by atoms with E-state index in [2.05, 4.69) is 19.2 Å². The van der Waals surface area contributed by atoms with Crippen molar-refractivity contribution < 1.29 is 14.3 Å². The highest BCUT2D eigenvalue weighted by molar-refractivity contribution is 5.90. The van der Waals surface area contributed by atoms with Crippen molar-refractivity contribution in [1.29, 1.82) is 5.26 Å². The molecule has 1 amide bonds. The number of hydrogen-bond donors (Lipinski definition) is 1. The Kier molecular flexibility index (Phi) is 6.97. The van der Waals surface area contributed by atoms with Crippen molar-refractivity contribution in [2.24, 2.45) is 11.8 Å². The predicted octanol–water partition coefficient (Wildman–Crippen LogP) is 3.44. The zero-order chi connectivity index (χ0) is 19.1. The lowest BCUT2D eigenvalue weighted by molar-refractivity contribution is -0.150. The molecule has 0 aromatic heterocycles. The van der Waals surface area contributed by atoms with Crippen LogP contribution in [0.15, 0.2) is 30.3 Å². The van der Waals surface area contributed by atoms with E-state index < -0.39 is 12.1 Å². The van der Waals surface area contributed by atoms with Gasteiger partial charge in [-0.15, -0.1) is 0 Å². The third-order valence-corrected chi connectivity index (χ3v) is 5.15. The Morgan fingerprint density at radius 3 is 2.62 bits per heavy atom. The summed E-state index contributed by atoms with van der Waals surface area (Å²) in [5, 5.41) is 11.8. The van der Waals surface area contributed by atoms with Crippen LogP contribution in [0.2, 0.25) is 0 Å². The first-order valence-corrected chi connectivity index (χ1v) is 9.10. The van der Waals surface area contributed by atoms with Gasteiger partial charge in [-0.1, -0.05) is 38.8 Å². The number of benzene rings is 1. The molecule has 0 spiro atoms. The maximum Gasteiger partial charge on any atom is 0.331 e. The first kappa shape index (κ1) is 19.7. The molecule has 26 heavy (non-hydrogen) atoms. The van der Waals surface area contributed by atoms with Gasteiger partial charge in [0.1, 0.15) is 0 Å². The summed E-state index contributed by atoms with van der Waals surface area (Å²) in [5.41, 5.74) is 1.34. The Balaban J connectivity index is 1.84. The monoisotopic (exact) mass is 354 g/mol. The van der Waals surface area contributed by atoms with Crippen LogP contribution in [-0.4, -0.2) is 24.0 Å². The SMILES string of the molecule is C[C@@H]1[C@@H](C)CCC[C@H]1NC(=O)[C@@H](C)OC(=O)/C=C/c1ccc(C#N)cc1. The molecule has 138 valence electrons. The topological polar surface area (TPSA) is 79.2 Å². The van der Waals surface area contributed by atoms with Crippen LogP contribution in [0.3, 0.4) is 0 Å². The lowest BCUT2D eigenvalue weighted by atomic mass is 9.78. The van der Waals surface area contributed by atoms with Gasteiger partial charge in [-0.05, 0) is 49.0 Å². The van der Waals surface area contributed by atoms with Crippen LogP contribution in [0, 0.1) is 23.2 Å². The van der Waals surface area contributed by atoms with E-state index in [4.69, 9.17) is 10.00 Å². The van der Waals surface area contributed by atoms with E-state index in [9.17, 15) is 9.59 Å². The molecule has 1 N–H and O–H groups in total. The fraction of sp³-hybridized carbons (Fsp3) is 0.476. The summed E-state index contributed by atoms with van der Waals surface area (Å²) in [7, 11) is 0. The normalized spacial score (nSPS) is 23.8. The standard InChI is InChI=1S/C21H26N2O3/c1-14-5-4-6-19(15(14)2)23-21(25)16(3)26-20(24)12-11-17-7-9-18(13-22)10-8-17/h7-12,14-16,19H,4-6H2,1-3H3,(H,23,25)/b12-11+/t14-,15+,16+,19+/m0/s1. The number of esters is 1. The number of ether oxygens (including phenoxy) is 1. The number of amides is 1. The average Bonchev–Trinajstić information content (AvgIpc) is 2.64. The van der Waals surface area contributed by atoms with Crippen LogP contribution in [-0.2, 0) is 14.3 Å². The highest BCUT2D eigenvalue weighted by atomic mass is 16.5. The van der Waals surface area contributed by atoms with Gasteiger partial charge in [0.15, 0.2) is 6.10 Å². The lowest BCUT2D eigenvalue weighted by Crippen LogP contribution is -2.47. The summed E-state index contributed by atoms with van der Waals surface area (Å²) in [6.45, 7) is 5.95. The summed E-state index contributed by atoms with van der Waals surface area (Å²) >= 11 is 0. The van der Waals surface area contributed by atoms with Crippen LogP contribution in [0.5, 0.6) is 0 Å². The number of nitriles is 1. The quantitative estimate of drug-likeness (QED) is 0.649. The number of nitrogens with zero attached hydrogens (tertiary/aromatic N) is 1. The number of rotatable bonds is 5. The molecule has 1 aromatic carbocycles. The fourth-order valence-electron chi connectivity index (χ4n) is 3.19. The molecule has 4 atom stereocenters. The van der Waals surface area contributed by atoms with Crippen molar-refractivity contribution in [3.8, 4) is 6.07 Å². The second kappa shape index (κ2) is 9.19. The number of nitrogens with one attached hydrogen (secondary N) is 1. The molecule has 1 aliphatic rings. The van der Waals surface area contributed by atoms with Gasteiger partial charge in [-0.3, -0.25) is 4.79 Å². The molecule has 0 saturated heterocycles. The molecule has 1 aromatic rings. The Labute approximate surface area is 155 Å². The van der Waals surface area contributed by atoms with E-state index >= 15 is 0 Å². The molecule has 0 heterocycles. The predicted molar refractivity (Wildman–Crippen MR) is 99.9 cm³/mol. The molecular formula is C21H26N2O3. The molecule has 5 heteroatoms. The van der Waals surface area contributed by atoms with Crippen molar-refractivity contribution >= 4 is 18.0 Å². The minimum absolute atomic E-state index is 0.140. The van der Waals surface area contributed by atoms with Gasteiger partial charge in [-0.25, -0.2) is 4.79 Å². The van der Waals surface area contributed by atoms with E-state index in [0.29, 0.717) is 17.4 Å². The summed E-state index contributed by atoms with van der Waals surface area (Å²) in [6.07, 6.45) is 5.32. The minimum atomic E-state index is -0.836. The largest absolute Gasteiger partial charge is 0.449 e. The molecule has 5 nitrogen and oxygen atoms in total. The second-order valence-electron chi connectivity index (χ2n) is 7.03. The number of carbonyl (C=O) groups excluding carboxylic acids is 2. The fourth-order valence-corrected chi connectivity index (χ4v) is 3.19. The van der Waals surface area contributed by atoms with Crippen molar-refractivity contribution in [2.45, 2.75) is 52.2 Å². The Morgan fingerprint density at radius 1 is 1.27 bits per heavy atom. The summed E-state index contributed by atoms with van der Waals surface area (Å²) in [5.74, 6) is 0.187. The zero-order valence-electron chi connectivity index (χ0n) is 15.6. The van der Waals surface area contributed by atoms with E-state index in [1.165, 1.54) is 12.5 Å². The van der Waals surface area contributed by atoms with E-state index in [1.54, 1.807) is 37.3 Å². The second-order valence-corrected chi connectivity index (χ2v) is 7.03. The van der Waals surface area contributed by atoms with Gasteiger partial charge >= 0.3 is 5.97 Å². The van der Waals surface area contributed by atoms with Crippen molar-refractivity contribution in [3.05, 3.63) is 41.5 Å².